The van der Waals surface area contributed by atoms with Crippen molar-refractivity contribution in [3.63, 3.8) is 0 Å². The van der Waals surface area contributed by atoms with E-state index in [4.69, 9.17) is 11.3 Å². The predicted octanol–water partition coefficient (Wildman–Crippen LogP) is 14.2. The first kappa shape index (κ1) is 38.4. The molecule has 5 aliphatic rings. The lowest BCUT2D eigenvalue weighted by Gasteiger charge is -2.41. The van der Waals surface area contributed by atoms with E-state index in [0.717, 1.165) is 52.7 Å². The van der Waals surface area contributed by atoms with Crippen LogP contribution in [-0.2, 0) is 15.7 Å². The molecule has 0 fully saturated rings. The van der Waals surface area contributed by atoms with Gasteiger partial charge in [0.05, 0.1) is 17.9 Å². The van der Waals surface area contributed by atoms with Crippen LogP contribution in [0.25, 0.3) is 22.3 Å². The summed E-state index contributed by atoms with van der Waals surface area (Å²) in [6, 6.07) is 35.7. The fraction of sp³-hybridized carbons (Fsp3) is 0.103. The van der Waals surface area contributed by atoms with Gasteiger partial charge in [0.25, 0.3) is 0 Å². The Bertz CT molecular complexity index is 2750. The summed E-state index contributed by atoms with van der Waals surface area (Å²) in [5, 5.41) is 4.25. The summed E-state index contributed by atoms with van der Waals surface area (Å²) >= 11 is 0. The molecule has 0 saturated carbocycles. The van der Waals surface area contributed by atoms with Crippen LogP contribution in [0, 0.1) is 0 Å². The minimum atomic E-state index is -0.698. The second-order valence-electron chi connectivity index (χ2n) is 15.7. The zero-order valence-electron chi connectivity index (χ0n) is 34.2. The predicted molar refractivity (Wildman–Crippen MR) is 253 cm³/mol. The van der Waals surface area contributed by atoms with Gasteiger partial charge in [-0.15, -0.1) is 0 Å². The van der Waals surface area contributed by atoms with E-state index in [2.05, 4.69) is 183 Å². The molecule has 1 spiro atoms. The SMILES string of the molecule is C=C1/C=C\C=C/O\C=C/C=C(/C=C\C(=C)c2ccccc2C(NC=C2/C(=C\C)C3(c4ccccc42)c2ccccc2-c2ccccc23)(C2=CCC=C2)C2=CC=CCC2)C1=C. The highest BCUT2D eigenvalue weighted by atomic mass is 16.5. The van der Waals surface area contributed by atoms with Gasteiger partial charge in [0.1, 0.15) is 5.54 Å². The molecule has 4 aromatic carbocycles. The van der Waals surface area contributed by atoms with Gasteiger partial charge in [-0.3, -0.25) is 0 Å². The molecule has 4 aliphatic carbocycles. The third-order valence-electron chi connectivity index (χ3n) is 12.6. The summed E-state index contributed by atoms with van der Waals surface area (Å²) < 4.78 is 5.50. The molecule has 1 N–H and O–H groups in total. The van der Waals surface area contributed by atoms with Crippen LogP contribution in [0.4, 0.5) is 0 Å². The molecular weight excluding hydrogens is 727 g/mol. The van der Waals surface area contributed by atoms with E-state index in [1.807, 2.05) is 30.4 Å². The number of ether oxygens (including phenoxy) is 1. The minimum absolute atomic E-state index is 0.434. The van der Waals surface area contributed by atoms with Crippen molar-refractivity contribution in [2.45, 2.75) is 37.1 Å². The molecule has 0 saturated heterocycles. The average molecular weight is 776 g/mol. The lowest BCUT2D eigenvalue weighted by molar-refractivity contribution is 0.403. The van der Waals surface area contributed by atoms with Gasteiger partial charge >= 0.3 is 0 Å². The second kappa shape index (κ2) is 16.2. The quantitative estimate of drug-likeness (QED) is 0.180. The van der Waals surface area contributed by atoms with E-state index in [9.17, 15) is 0 Å². The second-order valence-corrected chi connectivity index (χ2v) is 15.7. The minimum Gasteiger partial charge on any atom is -0.473 e. The molecule has 292 valence electrons. The van der Waals surface area contributed by atoms with Gasteiger partial charge < -0.3 is 10.1 Å². The number of hydrogen-bond acceptors (Lipinski definition) is 2. The summed E-state index contributed by atoms with van der Waals surface area (Å²) in [6.07, 6.45) is 38.2. The van der Waals surface area contributed by atoms with Gasteiger partial charge in [-0.25, -0.2) is 0 Å². The molecule has 1 unspecified atom stereocenters. The zero-order valence-corrected chi connectivity index (χ0v) is 34.2. The van der Waals surface area contributed by atoms with Crippen LogP contribution < -0.4 is 5.32 Å². The van der Waals surface area contributed by atoms with Gasteiger partial charge in [0.2, 0.25) is 0 Å². The Balaban J connectivity index is 1.21. The molecule has 1 heterocycles. The Morgan fingerprint density at radius 1 is 0.750 bits per heavy atom. The van der Waals surface area contributed by atoms with Crippen molar-refractivity contribution in [1.82, 2.24) is 5.32 Å². The Morgan fingerprint density at radius 2 is 1.43 bits per heavy atom. The van der Waals surface area contributed by atoms with Crippen LogP contribution in [0.3, 0.4) is 0 Å². The number of nitrogens with one attached hydrogen (secondary N) is 1. The van der Waals surface area contributed by atoms with Crippen molar-refractivity contribution in [3.8, 4) is 11.1 Å². The molecule has 0 bridgehead atoms. The summed E-state index contributed by atoms with van der Waals surface area (Å²) in [5.74, 6) is 0. The van der Waals surface area contributed by atoms with E-state index in [-0.39, 0.29) is 0 Å². The van der Waals surface area contributed by atoms with E-state index < -0.39 is 11.0 Å². The van der Waals surface area contributed by atoms with Gasteiger partial charge in [0, 0.05) is 11.8 Å². The first-order valence-corrected chi connectivity index (χ1v) is 20.9. The molecule has 0 amide bonds. The largest absolute Gasteiger partial charge is 0.473 e. The first-order valence-electron chi connectivity index (χ1n) is 20.9. The molecule has 9 rings (SSSR count). The van der Waals surface area contributed by atoms with Crippen molar-refractivity contribution >= 4 is 11.1 Å². The van der Waals surface area contributed by atoms with Crippen LogP contribution in [0.15, 0.2) is 254 Å². The van der Waals surface area contributed by atoms with E-state index in [0.29, 0.717) is 0 Å². The van der Waals surface area contributed by atoms with Crippen molar-refractivity contribution < 1.29 is 4.74 Å². The van der Waals surface area contributed by atoms with Crippen LogP contribution in [0.1, 0.15) is 59.6 Å². The third-order valence-corrected chi connectivity index (χ3v) is 12.6. The van der Waals surface area contributed by atoms with Crippen molar-refractivity contribution in [3.05, 3.63) is 287 Å². The van der Waals surface area contributed by atoms with Gasteiger partial charge in [-0.2, -0.15) is 0 Å². The maximum atomic E-state index is 5.50. The highest BCUT2D eigenvalue weighted by Gasteiger charge is 2.53. The fourth-order valence-corrected chi connectivity index (χ4v) is 9.89. The molecule has 1 aliphatic heterocycles. The van der Waals surface area contributed by atoms with Gasteiger partial charge in [0.15, 0.2) is 0 Å². The number of fused-ring (bicyclic) bond motifs is 7. The van der Waals surface area contributed by atoms with Crippen molar-refractivity contribution in [2.24, 2.45) is 0 Å². The molecule has 2 heteroatoms. The average Bonchev–Trinajstić information content (AvgIpc) is 4.01. The monoisotopic (exact) mass is 775 g/mol. The Morgan fingerprint density at radius 3 is 2.13 bits per heavy atom. The molecule has 2 nitrogen and oxygen atoms in total. The van der Waals surface area contributed by atoms with Crippen molar-refractivity contribution in [1.29, 1.82) is 0 Å². The van der Waals surface area contributed by atoms with Crippen LogP contribution in [0.5, 0.6) is 0 Å². The van der Waals surface area contributed by atoms with E-state index in [1.54, 1.807) is 12.5 Å². The molecular formula is C58H49NO. The zero-order chi connectivity index (χ0) is 41.1. The number of benzene rings is 4. The standard InChI is InChI=1S/C58H49NO/c1-5-52-51(50-31-14-17-34-55(50)57(52)53-32-15-12-29-48(53)49-30-13-16-33-54(49)57)40-59-58(46-26-9-10-27-46,45-24-7-6-8-25-45)56-35-18-11-28-47(56)42(3)36-37-44-23-21-39-60-38-20-19-22-41(2)43(44)4/h5-7,9,11-24,26-40,59H,2-4,8,10,25H2,1H3/b22-19-,37-36-,38-20-,39-21-,44-23-,51-40?,52-5+. The Hall–Kier alpha value is -7.16. The van der Waals surface area contributed by atoms with Gasteiger partial charge in [-0.1, -0.05) is 190 Å². The Kier molecular flexibility index (Phi) is 10.4. The maximum Gasteiger partial charge on any atom is 0.110 e. The lowest BCUT2D eigenvalue weighted by atomic mass is 9.70. The molecule has 60 heavy (non-hydrogen) atoms. The summed E-state index contributed by atoms with van der Waals surface area (Å²) in [4.78, 5) is 0. The summed E-state index contributed by atoms with van der Waals surface area (Å²) in [6.45, 7) is 15.6. The van der Waals surface area contributed by atoms with Crippen molar-refractivity contribution in [2.75, 3.05) is 0 Å². The molecule has 0 radical (unpaired) electrons. The van der Waals surface area contributed by atoms with Crippen LogP contribution in [0.2, 0.25) is 0 Å². The number of allylic oxidation sites excluding steroid dienone is 19. The smallest absolute Gasteiger partial charge is 0.110 e. The van der Waals surface area contributed by atoms with Gasteiger partial charge in [-0.05, 0) is 122 Å². The Labute approximate surface area is 355 Å². The number of rotatable bonds is 8. The topological polar surface area (TPSA) is 21.3 Å². The first-order chi connectivity index (χ1) is 29.5. The maximum absolute atomic E-state index is 5.50. The highest BCUT2D eigenvalue weighted by Crippen LogP contribution is 2.63. The fourth-order valence-electron chi connectivity index (χ4n) is 9.89. The number of hydrogen-bond donors (Lipinski definition) is 1. The van der Waals surface area contributed by atoms with E-state index in [1.165, 1.54) is 55.7 Å². The summed E-state index contributed by atoms with van der Waals surface area (Å²) in [5.41, 5.74) is 17.4. The highest BCUT2D eigenvalue weighted by molar-refractivity contribution is 5.99. The van der Waals surface area contributed by atoms with E-state index >= 15 is 0 Å². The molecule has 1 atom stereocenters. The normalized spacial score (nSPS) is 22.2. The van der Waals surface area contributed by atoms with Crippen LogP contribution in [-0.4, -0.2) is 0 Å². The molecule has 0 aromatic heterocycles. The third kappa shape index (κ3) is 6.28. The molecule has 4 aromatic rings. The lowest BCUT2D eigenvalue weighted by Crippen LogP contribution is -2.44. The summed E-state index contributed by atoms with van der Waals surface area (Å²) in [7, 11) is 0. The van der Waals surface area contributed by atoms with Crippen LogP contribution >= 0.6 is 0 Å².